The van der Waals surface area contributed by atoms with Crippen LogP contribution in [0.3, 0.4) is 0 Å². The van der Waals surface area contributed by atoms with Crippen molar-refractivity contribution in [2.45, 2.75) is 407 Å². The SMILES string of the molecule is CCCCCCCCCCCCCCCCCCC(=O)O[C@H](COC(=O)CCCCCCCCCCCCCC(C)C)COP(=O)(O)OC[C@@H](O)COP(=O)(O)OC[C@@H](COC(=O)CCCCCCCCCCCCCC)OC(=O)CCCCCCCCCCC(C)CC. The Morgan fingerprint density at radius 2 is 0.543 bits per heavy atom. The lowest BCUT2D eigenvalue weighted by atomic mass is 9.99. The molecule has 0 spiro atoms. The van der Waals surface area contributed by atoms with E-state index in [1.807, 2.05) is 0 Å². The first-order chi connectivity index (χ1) is 45.4. The van der Waals surface area contributed by atoms with E-state index in [2.05, 4.69) is 41.5 Å². The minimum absolute atomic E-state index is 0.105. The Hall–Kier alpha value is -1.94. The minimum atomic E-state index is -4.96. The molecule has 0 aromatic rings. The van der Waals surface area contributed by atoms with Crippen LogP contribution in [-0.4, -0.2) is 96.7 Å². The Balaban J connectivity index is 5.26. The number of rotatable bonds is 74. The zero-order chi connectivity index (χ0) is 69.3. The quantitative estimate of drug-likeness (QED) is 0.0222. The lowest BCUT2D eigenvalue weighted by Crippen LogP contribution is -2.30. The summed E-state index contributed by atoms with van der Waals surface area (Å²) in [6, 6.07) is 0. The molecule has 0 amide bonds. The van der Waals surface area contributed by atoms with Gasteiger partial charge in [0.15, 0.2) is 12.2 Å². The molecule has 0 aromatic heterocycles. The monoisotopic (exact) mass is 1380 g/mol. The summed E-state index contributed by atoms with van der Waals surface area (Å²) < 4.78 is 68.5. The van der Waals surface area contributed by atoms with E-state index in [-0.39, 0.29) is 25.7 Å². The number of carbonyl (C=O) groups is 4. The van der Waals surface area contributed by atoms with Crippen LogP contribution >= 0.6 is 15.6 Å². The molecule has 19 heteroatoms. The van der Waals surface area contributed by atoms with Gasteiger partial charge < -0.3 is 33.8 Å². The Labute approximate surface area is 575 Å². The third kappa shape index (κ3) is 67.3. The number of ether oxygens (including phenoxy) is 4. The molecule has 0 bridgehead atoms. The van der Waals surface area contributed by atoms with Crippen molar-refractivity contribution < 1.29 is 80.2 Å². The number of hydrogen-bond donors (Lipinski definition) is 3. The molecule has 0 rings (SSSR count). The van der Waals surface area contributed by atoms with Crippen LogP contribution in [0.15, 0.2) is 0 Å². The molecule has 94 heavy (non-hydrogen) atoms. The van der Waals surface area contributed by atoms with Crippen molar-refractivity contribution in [1.29, 1.82) is 0 Å². The molecule has 0 aromatic carbocycles. The van der Waals surface area contributed by atoms with Crippen molar-refractivity contribution in [3.8, 4) is 0 Å². The van der Waals surface area contributed by atoms with Crippen LogP contribution < -0.4 is 0 Å². The second-order valence-corrected chi connectivity index (χ2v) is 30.7. The Morgan fingerprint density at radius 1 is 0.309 bits per heavy atom. The van der Waals surface area contributed by atoms with E-state index in [1.54, 1.807) is 0 Å². The molecule has 0 radical (unpaired) electrons. The standard InChI is InChI=1S/C75H146O17P2/c1-7-10-12-14-16-18-20-22-23-24-25-29-34-41-47-53-59-74(79)91-70(63-85-73(78)58-52-46-40-33-30-26-27-31-37-43-49-55-67(4)5)65-89-93(81,82)87-61-69(76)62-88-94(83,84)90-66-71(92-75(80)60-54-48-42-36-35-38-44-50-56-68(6)9-3)64-86-72(77)57-51-45-39-32-28-21-19-17-15-13-11-8-2/h67-71,76H,7-66H2,1-6H3,(H,81,82)(H,83,84)/t68?,69-,70-,71-/m1/s1. The molecule has 0 aliphatic carbocycles. The molecule has 0 heterocycles. The first-order valence-corrected chi connectivity index (χ1v) is 42.0. The molecule has 17 nitrogen and oxygen atoms in total. The molecule has 0 saturated carbocycles. The molecule has 0 fully saturated rings. The highest BCUT2D eigenvalue weighted by atomic mass is 31.2. The summed E-state index contributed by atoms with van der Waals surface area (Å²) in [5.41, 5.74) is 0. The molecule has 0 aliphatic heterocycles. The van der Waals surface area contributed by atoms with Gasteiger partial charge in [-0.2, -0.15) is 0 Å². The fourth-order valence-corrected chi connectivity index (χ4v) is 13.0. The molecular weight excluding hydrogens is 1230 g/mol. The van der Waals surface area contributed by atoms with Gasteiger partial charge in [0, 0.05) is 25.7 Å². The van der Waals surface area contributed by atoms with Crippen LogP contribution in [-0.2, 0) is 65.4 Å². The van der Waals surface area contributed by atoms with E-state index in [0.29, 0.717) is 25.7 Å². The lowest BCUT2D eigenvalue weighted by molar-refractivity contribution is -0.161. The summed E-state index contributed by atoms with van der Waals surface area (Å²) in [6.07, 6.45) is 53.9. The predicted octanol–water partition coefficient (Wildman–Crippen LogP) is 21.9. The van der Waals surface area contributed by atoms with E-state index in [9.17, 15) is 43.2 Å². The first-order valence-electron chi connectivity index (χ1n) is 39.0. The van der Waals surface area contributed by atoms with Gasteiger partial charge in [-0.3, -0.25) is 37.3 Å². The third-order valence-electron chi connectivity index (χ3n) is 17.8. The van der Waals surface area contributed by atoms with Crippen molar-refractivity contribution in [2.75, 3.05) is 39.6 Å². The van der Waals surface area contributed by atoms with Gasteiger partial charge in [0.25, 0.3) is 0 Å². The summed E-state index contributed by atoms with van der Waals surface area (Å²) in [4.78, 5) is 72.8. The van der Waals surface area contributed by atoms with Crippen LogP contribution in [0.5, 0.6) is 0 Å². The number of esters is 4. The van der Waals surface area contributed by atoms with Crippen LogP contribution in [0.25, 0.3) is 0 Å². The largest absolute Gasteiger partial charge is 0.472 e. The van der Waals surface area contributed by atoms with Crippen molar-refractivity contribution in [2.24, 2.45) is 11.8 Å². The normalized spacial score (nSPS) is 14.3. The van der Waals surface area contributed by atoms with Gasteiger partial charge in [0.2, 0.25) is 0 Å². The second kappa shape index (κ2) is 66.9. The van der Waals surface area contributed by atoms with Crippen LogP contribution in [0, 0.1) is 11.8 Å². The molecule has 558 valence electrons. The lowest BCUT2D eigenvalue weighted by Gasteiger charge is -2.21. The van der Waals surface area contributed by atoms with E-state index >= 15 is 0 Å². The molecule has 3 N–H and O–H groups in total. The number of aliphatic hydroxyl groups is 1. The zero-order valence-electron chi connectivity index (χ0n) is 61.3. The van der Waals surface area contributed by atoms with E-state index < -0.39 is 97.5 Å². The van der Waals surface area contributed by atoms with Crippen LogP contribution in [0.1, 0.15) is 388 Å². The van der Waals surface area contributed by atoms with E-state index in [4.69, 9.17) is 37.0 Å². The topological polar surface area (TPSA) is 237 Å². The minimum Gasteiger partial charge on any atom is -0.462 e. The van der Waals surface area contributed by atoms with E-state index in [1.165, 1.54) is 205 Å². The van der Waals surface area contributed by atoms with Crippen molar-refractivity contribution >= 4 is 39.5 Å². The van der Waals surface area contributed by atoms with Gasteiger partial charge >= 0.3 is 39.5 Å². The van der Waals surface area contributed by atoms with Gasteiger partial charge in [-0.15, -0.1) is 0 Å². The van der Waals surface area contributed by atoms with Crippen molar-refractivity contribution in [3.63, 3.8) is 0 Å². The summed E-state index contributed by atoms with van der Waals surface area (Å²) in [5, 5.41) is 10.6. The summed E-state index contributed by atoms with van der Waals surface area (Å²) in [5.74, 6) is -0.575. The fraction of sp³-hybridized carbons (Fsp3) is 0.947. The maximum absolute atomic E-state index is 13.1. The number of hydrogen-bond acceptors (Lipinski definition) is 15. The van der Waals surface area contributed by atoms with Crippen molar-refractivity contribution in [3.05, 3.63) is 0 Å². The van der Waals surface area contributed by atoms with Crippen molar-refractivity contribution in [1.82, 2.24) is 0 Å². The molecule has 6 atom stereocenters. The number of aliphatic hydroxyl groups excluding tert-OH is 1. The molecule has 0 saturated heterocycles. The number of phosphoric ester groups is 2. The smallest absolute Gasteiger partial charge is 0.462 e. The Kier molecular flexibility index (Phi) is 65.5. The number of carbonyl (C=O) groups excluding carboxylic acids is 4. The zero-order valence-corrected chi connectivity index (χ0v) is 63.1. The average molecular weight is 1380 g/mol. The summed E-state index contributed by atoms with van der Waals surface area (Å²) in [6.45, 7) is 9.60. The van der Waals surface area contributed by atoms with Gasteiger partial charge in [-0.1, -0.05) is 337 Å². The number of phosphoric acid groups is 2. The predicted molar refractivity (Wildman–Crippen MR) is 381 cm³/mol. The van der Waals surface area contributed by atoms with E-state index in [0.717, 1.165) is 102 Å². The highest BCUT2D eigenvalue weighted by Gasteiger charge is 2.30. The maximum Gasteiger partial charge on any atom is 0.472 e. The highest BCUT2D eigenvalue weighted by Crippen LogP contribution is 2.45. The summed E-state index contributed by atoms with van der Waals surface area (Å²) >= 11 is 0. The van der Waals surface area contributed by atoms with Crippen LogP contribution in [0.2, 0.25) is 0 Å². The molecule has 0 aliphatic rings. The summed E-state index contributed by atoms with van der Waals surface area (Å²) in [7, 11) is -9.91. The van der Waals surface area contributed by atoms with Gasteiger partial charge in [0.1, 0.15) is 19.3 Å². The van der Waals surface area contributed by atoms with Gasteiger partial charge in [-0.05, 0) is 37.5 Å². The maximum atomic E-state index is 13.1. The van der Waals surface area contributed by atoms with Gasteiger partial charge in [-0.25, -0.2) is 9.13 Å². The highest BCUT2D eigenvalue weighted by molar-refractivity contribution is 7.47. The Morgan fingerprint density at radius 3 is 0.809 bits per heavy atom. The second-order valence-electron chi connectivity index (χ2n) is 27.8. The molecule has 3 unspecified atom stereocenters. The number of unbranched alkanes of at least 4 members (excludes halogenated alkanes) is 43. The third-order valence-corrected chi connectivity index (χ3v) is 19.7. The molecular formula is C75H146O17P2. The Bertz CT molecular complexity index is 1820. The fourth-order valence-electron chi connectivity index (χ4n) is 11.4. The first kappa shape index (κ1) is 92.1. The average Bonchev–Trinajstić information content (AvgIpc) is 1.80. The van der Waals surface area contributed by atoms with Gasteiger partial charge in [0.05, 0.1) is 26.4 Å². The van der Waals surface area contributed by atoms with Crippen LogP contribution in [0.4, 0.5) is 0 Å².